The van der Waals surface area contributed by atoms with E-state index in [1.165, 1.54) is 6.26 Å². The van der Waals surface area contributed by atoms with Crippen molar-refractivity contribution in [3.63, 3.8) is 0 Å². The first kappa shape index (κ1) is 21.3. The largest absolute Gasteiger partial charge is 0.459 e. The zero-order valence-electron chi connectivity index (χ0n) is 17.1. The van der Waals surface area contributed by atoms with Gasteiger partial charge >= 0.3 is 6.03 Å². The molecule has 0 fully saturated rings. The summed E-state index contributed by atoms with van der Waals surface area (Å²) >= 11 is 0. The highest BCUT2D eigenvalue weighted by Gasteiger charge is 2.33. The molecule has 3 N–H and O–H groups in total. The summed E-state index contributed by atoms with van der Waals surface area (Å²) < 4.78 is 11.0. The van der Waals surface area contributed by atoms with Gasteiger partial charge in [0.25, 0.3) is 17.7 Å². The zero-order chi connectivity index (χ0) is 21.3. The van der Waals surface area contributed by atoms with Gasteiger partial charge in [0, 0.05) is 12.1 Å². The molecule has 0 aliphatic rings. The summed E-state index contributed by atoms with van der Waals surface area (Å²) in [5, 5.41) is 13.2. The van der Waals surface area contributed by atoms with Gasteiger partial charge in [-0.3, -0.25) is 10.1 Å². The Bertz CT molecular complexity index is 939. The van der Waals surface area contributed by atoms with Crippen LogP contribution < -0.4 is 15.5 Å². The van der Waals surface area contributed by atoms with E-state index >= 15 is 0 Å². The van der Waals surface area contributed by atoms with Crippen LogP contribution in [0.25, 0.3) is 11.7 Å². The van der Waals surface area contributed by atoms with E-state index in [1.807, 2.05) is 37.3 Å². The number of benzene rings is 1. The lowest BCUT2D eigenvalue weighted by atomic mass is 10.0. The van der Waals surface area contributed by atoms with Crippen LogP contribution in [-0.4, -0.2) is 35.2 Å². The number of carbonyl (C=O) groups is 2. The van der Waals surface area contributed by atoms with Crippen molar-refractivity contribution in [3.05, 3.63) is 60.2 Å². The van der Waals surface area contributed by atoms with E-state index in [0.29, 0.717) is 31.3 Å². The number of imide groups is 1. The Morgan fingerprint density at radius 3 is 2.57 bits per heavy atom. The van der Waals surface area contributed by atoms with Crippen LogP contribution in [0.2, 0.25) is 0 Å². The second-order valence-corrected chi connectivity index (χ2v) is 6.76. The molecule has 0 aliphatic heterocycles. The summed E-state index contributed by atoms with van der Waals surface area (Å²) in [7, 11) is 0. The first-order chi connectivity index (χ1) is 14.6. The predicted molar refractivity (Wildman–Crippen MR) is 108 cm³/mol. The minimum Gasteiger partial charge on any atom is -0.459 e. The number of rotatable bonds is 9. The Balaban J connectivity index is 1.85. The van der Waals surface area contributed by atoms with Gasteiger partial charge < -0.3 is 19.1 Å². The van der Waals surface area contributed by atoms with Gasteiger partial charge in [0.15, 0.2) is 18.3 Å². The van der Waals surface area contributed by atoms with Crippen molar-refractivity contribution in [2.45, 2.75) is 32.9 Å². The molecule has 9 nitrogen and oxygen atoms in total. The van der Waals surface area contributed by atoms with Crippen molar-refractivity contribution in [3.8, 4) is 11.7 Å². The Hall–Kier alpha value is -3.46. The van der Waals surface area contributed by atoms with Crippen LogP contribution in [0, 0.1) is 0 Å². The Morgan fingerprint density at radius 1 is 1.10 bits per heavy atom. The molecule has 2 atom stereocenters. The fourth-order valence-corrected chi connectivity index (χ4v) is 3.28. The molecule has 3 amide bonds. The molecule has 0 spiro atoms. The van der Waals surface area contributed by atoms with E-state index in [0.717, 1.165) is 16.9 Å². The standard InChI is InChI=1S/C21H25N5O4/c1-3-12-26(14-17-24-25-20(30-17)16-11-8-13-29-16)18(15-9-6-5-7-10-15)19(27)23-21(28)22-4-2/h5-11,13,18H,3-4,12,14H2,1-2H3,(H2,22,23,27,28)/p+1/t18-/m0/s1. The number of nitrogens with one attached hydrogen (secondary N) is 3. The lowest BCUT2D eigenvalue weighted by Gasteiger charge is -2.26. The minimum absolute atomic E-state index is 0.286. The van der Waals surface area contributed by atoms with E-state index in [2.05, 4.69) is 20.8 Å². The van der Waals surface area contributed by atoms with E-state index in [1.54, 1.807) is 19.1 Å². The Labute approximate surface area is 174 Å². The molecular weight excluding hydrogens is 386 g/mol. The van der Waals surface area contributed by atoms with Crippen LogP contribution in [0.5, 0.6) is 0 Å². The molecule has 3 aromatic rings. The van der Waals surface area contributed by atoms with Crippen LogP contribution in [0.15, 0.2) is 57.6 Å². The van der Waals surface area contributed by atoms with Crippen LogP contribution in [0.4, 0.5) is 4.79 Å². The second kappa shape index (κ2) is 10.4. The zero-order valence-corrected chi connectivity index (χ0v) is 17.1. The van der Waals surface area contributed by atoms with Crippen LogP contribution >= 0.6 is 0 Å². The molecule has 3 rings (SSSR count). The molecule has 0 saturated carbocycles. The fraction of sp³-hybridized carbons (Fsp3) is 0.333. The smallest absolute Gasteiger partial charge is 0.321 e. The highest BCUT2D eigenvalue weighted by atomic mass is 16.4. The third-order valence-corrected chi connectivity index (χ3v) is 4.53. The summed E-state index contributed by atoms with van der Waals surface area (Å²) in [6.07, 6.45) is 2.36. The van der Waals surface area contributed by atoms with Crippen molar-refractivity contribution in [2.75, 3.05) is 13.1 Å². The van der Waals surface area contributed by atoms with Gasteiger partial charge in [0.1, 0.15) is 0 Å². The van der Waals surface area contributed by atoms with Gasteiger partial charge in [-0.25, -0.2) is 4.79 Å². The fourth-order valence-electron chi connectivity index (χ4n) is 3.28. The number of urea groups is 1. The van der Waals surface area contributed by atoms with E-state index in [-0.39, 0.29) is 11.8 Å². The molecule has 158 valence electrons. The molecule has 9 heteroatoms. The van der Waals surface area contributed by atoms with Crippen LogP contribution in [-0.2, 0) is 11.3 Å². The summed E-state index contributed by atoms with van der Waals surface area (Å²) in [5.74, 6) is 0.770. The van der Waals surface area contributed by atoms with Gasteiger partial charge in [0.2, 0.25) is 0 Å². The number of aromatic nitrogens is 2. The topological polar surface area (TPSA) is 115 Å². The molecule has 0 bridgehead atoms. The third kappa shape index (κ3) is 5.32. The highest BCUT2D eigenvalue weighted by molar-refractivity contribution is 5.96. The maximum Gasteiger partial charge on any atom is 0.321 e. The predicted octanol–water partition coefficient (Wildman–Crippen LogP) is 1.71. The van der Waals surface area contributed by atoms with Gasteiger partial charge in [-0.05, 0) is 25.5 Å². The average Bonchev–Trinajstić information content (AvgIpc) is 3.41. The van der Waals surface area contributed by atoms with Crippen molar-refractivity contribution in [1.82, 2.24) is 20.8 Å². The first-order valence-corrected chi connectivity index (χ1v) is 9.96. The average molecular weight is 412 g/mol. The van der Waals surface area contributed by atoms with Gasteiger partial charge in [-0.2, -0.15) is 0 Å². The van der Waals surface area contributed by atoms with Gasteiger partial charge in [-0.1, -0.05) is 37.3 Å². The Kier molecular flexibility index (Phi) is 7.34. The monoisotopic (exact) mass is 412 g/mol. The summed E-state index contributed by atoms with van der Waals surface area (Å²) in [5.41, 5.74) is 0.800. The number of furan rings is 1. The second-order valence-electron chi connectivity index (χ2n) is 6.76. The molecule has 1 aromatic carbocycles. The van der Waals surface area contributed by atoms with E-state index < -0.39 is 12.1 Å². The van der Waals surface area contributed by atoms with Crippen LogP contribution in [0.3, 0.4) is 0 Å². The summed E-state index contributed by atoms with van der Waals surface area (Å²) in [6, 6.07) is 11.7. The van der Waals surface area contributed by atoms with E-state index in [9.17, 15) is 9.59 Å². The van der Waals surface area contributed by atoms with Gasteiger partial charge in [0.05, 0.1) is 12.8 Å². The maximum atomic E-state index is 13.1. The molecule has 30 heavy (non-hydrogen) atoms. The number of nitrogens with zero attached hydrogens (tertiary/aromatic N) is 2. The highest BCUT2D eigenvalue weighted by Crippen LogP contribution is 2.18. The normalized spacial score (nSPS) is 12.9. The minimum atomic E-state index is -0.618. The molecule has 2 aromatic heterocycles. The Morgan fingerprint density at radius 2 is 1.90 bits per heavy atom. The van der Waals surface area contributed by atoms with Crippen molar-refractivity contribution in [1.29, 1.82) is 0 Å². The summed E-state index contributed by atoms with van der Waals surface area (Å²) in [4.78, 5) is 25.9. The number of hydrogen-bond acceptors (Lipinski definition) is 6. The van der Waals surface area contributed by atoms with Crippen molar-refractivity contribution < 1.29 is 23.3 Å². The SMILES string of the molecule is CCC[NH+](Cc1nnc(-c2ccco2)o1)[C@H](C(=O)NC(=O)NCC)c1ccccc1. The van der Waals surface area contributed by atoms with Crippen LogP contribution in [0.1, 0.15) is 37.8 Å². The van der Waals surface area contributed by atoms with Crippen molar-refractivity contribution >= 4 is 11.9 Å². The molecule has 2 heterocycles. The van der Waals surface area contributed by atoms with E-state index in [4.69, 9.17) is 8.83 Å². The molecule has 0 saturated heterocycles. The van der Waals surface area contributed by atoms with Crippen molar-refractivity contribution in [2.24, 2.45) is 0 Å². The number of carbonyl (C=O) groups excluding carboxylic acids is 2. The first-order valence-electron chi connectivity index (χ1n) is 9.96. The number of quaternary nitrogens is 1. The lowest BCUT2D eigenvalue weighted by molar-refractivity contribution is -0.936. The maximum absolute atomic E-state index is 13.1. The molecule has 1 unspecified atom stereocenters. The quantitative estimate of drug-likeness (QED) is 0.493. The number of amides is 3. The third-order valence-electron chi connectivity index (χ3n) is 4.53. The lowest BCUT2D eigenvalue weighted by Crippen LogP contribution is -3.12. The molecule has 0 aliphatic carbocycles. The molecule has 0 radical (unpaired) electrons. The number of hydrogen-bond donors (Lipinski definition) is 3. The summed E-state index contributed by atoms with van der Waals surface area (Å²) in [6.45, 7) is 5.24. The van der Waals surface area contributed by atoms with Gasteiger partial charge in [-0.15, -0.1) is 10.2 Å². The molecular formula is C21H26N5O4+.